The number of para-hydroxylation sites is 1. The molecule has 21 rings (SSSR count). The minimum atomic E-state index is 1.10. The van der Waals surface area contributed by atoms with E-state index in [1.165, 1.54) is 183 Å². The van der Waals surface area contributed by atoms with Crippen molar-refractivity contribution in [3.8, 4) is 116 Å². The number of hydrogen-bond acceptors (Lipinski definition) is 2. The Morgan fingerprint density at radius 1 is 0.165 bits per heavy atom. The van der Waals surface area contributed by atoms with Crippen molar-refractivity contribution in [1.82, 2.24) is 4.57 Å². The summed E-state index contributed by atoms with van der Waals surface area (Å²) < 4.78 is 5.12. The molecule has 3 heterocycles. The predicted molar refractivity (Wildman–Crippen MR) is 445 cm³/mol. The van der Waals surface area contributed by atoms with Gasteiger partial charge >= 0.3 is 0 Å². The monoisotopic (exact) mass is 1340 g/mol. The number of thiophene rings is 2. The fraction of sp³-hybridized carbons (Fsp3) is 0. The highest BCUT2D eigenvalue weighted by atomic mass is 32.1. The molecule has 0 atom stereocenters. The van der Waals surface area contributed by atoms with E-state index in [0.717, 1.165) is 27.9 Å². The van der Waals surface area contributed by atoms with Crippen molar-refractivity contribution in [2.45, 2.75) is 0 Å². The van der Waals surface area contributed by atoms with Crippen LogP contribution in [0.1, 0.15) is 0 Å². The highest BCUT2D eigenvalue weighted by molar-refractivity contribution is 7.26. The Morgan fingerprint density at radius 3 is 0.981 bits per heavy atom. The van der Waals surface area contributed by atoms with Crippen LogP contribution in [0, 0.1) is 0 Å². The van der Waals surface area contributed by atoms with Gasteiger partial charge in [-0.05, 0) is 209 Å². The van der Waals surface area contributed by atoms with Crippen LogP contribution in [0.15, 0.2) is 370 Å². The van der Waals surface area contributed by atoms with E-state index in [0.29, 0.717) is 0 Å². The first-order chi connectivity index (χ1) is 51.2. The van der Waals surface area contributed by atoms with Crippen LogP contribution in [0.25, 0.3) is 211 Å². The van der Waals surface area contributed by atoms with Crippen molar-refractivity contribution in [2.24, 2.45) is 0 Å². The molecule has 0 bridgehead atoms. The summed E-state index contributed by atoms with van der Waals surface area (Å²) in [5.41, 5.74) is 24.7. The van der Waals surface area contributed by atoms with Crippen LogP contribution in [0.3, 0.4) is 0 Å². The van der Waals surface area contributed by atoms with E-state index in [4.69, 9.17) is 0 Å². The Hall–Kier alpha value is -12.8. The molecule has 0 spiro atoms. The van der Waals surface area contributed by atoms with Gasteiger partial charge in [-0.15, -0.1) is 22.7 Å². The lowest BCUT2D eigenvalue weighted by Crippen LogP contribution is -2.02. The Bertz CT molecular complexity index is 6910. The van der Waals surface area contributed by atoms with Gasteiger partial charge in [0.25, 0.3) is 0 Å². The average Bonchev–Trinajstić information content (AvgIpc) is 1.37. The van der Waals surface area contributed by atoms with Gasteiger partial charge in [0.2, 0.25) is 0 Å². The van der Waals surface area contributed by atoms with Gasteiger partial charge < -0.3 is 4.57 Å². The molecular formula is C100H61NS2. The van der Waals surface area contributed by atoms with Crippen molar-refractivity contribution in [1.29, 1.82) is 0 Å². The molecule has 0 fully saturated rings. The second-order valence-corrected chi connectivity index (χ2v) is 29.3. The molecule has 3 heteroatoms. The van der Waals surface area contributed by atoms with E-state index in [9.17, 15) is 0 Å². The second kappa shape index (κ2) is 24.0. The molecule has 0 aliphatic carbocycles. The molecule has 0 amide bonds. The molecule has 0 saturated carbocycles. The molecule has 0 N–H and O–H groups in total. The van der Waals surface area contributed by atoms with Crippen LogP contribution in [0.5, 0.6) is 0 Å². The molecule has 478 valence electrons. The van der Waals surface area contributed by atoms with Crippen LogP contribution in [0.4, 0.5) is 0 Å². The number of nitrogens with zero attached hydrogens (tertiary/aromatic N) is 1. The molecule has 0 saturated heterocycles. The Labute approximate surface area is 604 Å². The number of hydrogen-bond donors (Lipinski definition) is 0. The fourth-order valence-electron chi connectivity index (χ4n) is 17.3. The summed E-state index contributed by atoms with van der Waals surface area (Å²) in [6.45, 7) is 0. The summed E-state index contributed by atoms with van der Waals surface area (Å²) in [5.74, 6) is 0. The van der Waals surface area contributed by atoms with Gasteiger partial charge in [-0.1, -0.05) is 315 Å². The van der Waals surface area contributed by atoms with Crippen LogP contribution in [-0.4, -0.2) is 4.57 Å². The van der Waals surface area contributed by atoms with E-state index in [1.807, 2.05) is 22.7 Å². The van der Waals surface area contributed by atoms with Crippen LogP contribution in [-0.2, 0) is 0 Å². The van der Waals surface area contributed by atoms with Gasteiger partial charge in [-0.3, -0.25) is 0 Å². The molecular weight excluding hydrogens is 1280 g/mol. The summed E-state index contributed by atoms with van der Waals surface area (Å²) in [4.78, 5) is 2.47. The van der Waals surface area contributed by atoms with Gasteiger partial charge in [0.15, 0.2) is 0 Å². The standard InChI is InChI=1S/C100H61NS2/c1-8-30-62(31-9-1)83-56-57-84(102-83)69-44-26-45-70(58-69)93-89(65-36-14-4-15-37-65)90(66-38-16-5-17-39-66)94(71-46-27-47-72(59-71)101-81-54-24-22-48-73(81)79-60-80-74-49-23-25-55-85(74)103-86(80)61-82(79)101)100-78-53-29-51-76-96(78)95-75(50-28-52-77(95)99(93)100)97-91(67-40-18-6-19-41-67)87(63-32-10-2-11-33-63)88(64-34-12-3-13-35-64)92(98(76)97)68-42-20-7-21-43-68/h1-61H. The summed E-state index contributed by atoms with van der Waals surface area (Å²) in [6.07, 6.45) is 0. The lowest BCUT2D eigenvalue weighted by molar-refractivity contribution is 1.18. The van der Waals surface area contributed by atoms with E-state index in [2.05, 4.69) is 375 Å². The van der Waals surface area contributed by atoms with Gasteiger partial charge in [0.05, 0.1) is 11.0 Å². The molecule has 18 aromatic carbocycles. The predicted octanol–water partition coefficient (Wildman–Crippen LogP) is 29.1. The van der Waals surface area contributed by atoms with E-state index >= 15 is 0 Å². The third-order valence-corrected chi connectivity index (χ3v) is 23.8. The molecule has 3 aromatic heterocycles. The molecule has 103 heavy (non-hydrogen) atoms. The van der Waals surface area contributed by atoms with E-state index in [1.54, 1.807) is 0 Å². The van der Waals surface area contributed by atoms with Crippen LogP contribution in [0.2, 0.25) is 0 Å². The SMILES string of the molecule is c1ccc(-c2ccc(-c3cccc(-c4c(-c5ccccc5)c(-c5ccccc5)c(-c5cccc(-n6c7ccccc7c7cc8c(cc76)sc6ccccc68)c5)c5c6cccc7c8c(-c9ccccc9)c(-c9ccccc9)c(-c9ccccc9)c(-c9ccccc9)c8c8cccc(c45)c8c76)c3)s2)cc1. The first-order valence-electron chi connectivity index (χ1n) is 35.5. The fourth-order valence-corrected chi connectivity index (χ4v) is 19.5. The molecule has 0 radical (unpaired) electrons. The van der Waals surface area contributed by atoms with Crippen molar-refractivity contribution < 1.29 is 0 Å². The molecule has 0 aliphatic heterocycles. The molecule has 0 aliphatic rings. The highest BCUT2D eigenvalue weighted by Gasteiger charge is 2.33. The summed E-state index contributed by atoms with van der Waals surface area (Å²) in [5, 5.41) is 17.3. The third-order valence-electron chi connectivity index (χ3n) is 21.5. The third kappa shape index (κ3) is 9.30. The van der Waals surface area contributed by atoms with E-state index in [-0.39, 0.29) is 0 Å². The average molecular weight is 1340 g/mol. The lowest BCUT2D eigenvalue weighted by atomic mass is 9.73. The number of fused-ring (bicyclic) bond motifs is 12. The first-order valence-corrected chi connectivity index (χ1v) is 37.1. The lowest BCUT2D eigenvalue weighted by Gasteiger charge is -2.29. The van der Waals surface area contributed by atoms with Crippen LogP contribution < -0.4 is 0 Å². The quantitative estimate of drug-likeness (QED) is 0.0898. The zero-order valence-corrected chi connectivity index (χ0v) is 57.6. The maximum Gasteiger partial charge on any atom is 0.0555 e. The topological polar surface area (TPSA) is 4.93 Å². The smallest absolute Gasteiger partial charge is 0.0555 e. The molecule has 0 unspecified atom stereocenters. The van der Waals surface area contributed by atoms with Crippen molar-refractivity contribution >= 4 is 119 Å². The van der Waals surface area contributed by atoms with Gasteiger partial charge in [-0.25, -0.2) is 0 Å². The Kier molecular flexibility index (Phi) is 13.8. The molecule has 1 nitrogen and oxygen atoms in total. The zero-order valence-electron chi connectivity index (χ0n) is 56.0. The zero-order chi connectivity index (χ0) is 67.6. The second-order valence-electron chi connectivity index (χ2n) is 27.1. The number of benzene rings is 18. The minimum absolute atomic E-state index is 1.10. The van der Waals surface area contributed by atoms with Gasteiger partial charge in [0.1, 0.15) is 0 Å². The molecule has 21 aromatic rings. The largest absolute Gasteiger partial charge is 0.309 e. The van der Waals surface area contributed by atoms with Crippen molar-refractivity contribution in [2.75, 3.05) is 0 Å². The normalized spacial score (nSPS) is 11.9. The first kappa shape index (κ1) is 59.1. The number of aromatic nitrogens is 1. The maximum absolute atomic E-state index is 2.53. The van der Waals surface area contributed by atoms with Crippen LogP contribution >= 0.6 is 22.7 Å². The van der Waals surface area contributed by atoms with Gasteiger partial charge in [0, 0.05) is 46.4 Å². The van der Waals surface area contributed by atoms with Crippen molar-refractivity contribution in [3.63, 3.8) is 0 Å². The Morgan fingerprint density at radius 2 is 0.505 bits per heavy atom. The Balaban J connectivity index is 0.985. The highest BCUT2D eigenvalue weighted by Crippen LogP contribution is 2.60. The van der Waals surface area contributed by atoms with Crippen molar-refractivity contribution in [3.05, 3.63) is 370 Å². The van der Waals surface area contributed by atoms with E-state index < -0.39 is 0 Å². The summed E-state index contributed by atoms with van der Waals surface area (Å²) in [7, 11) is 0. The minimum Gasteiger partial charge on any atom is -0.309 e. The summed E-state index contributed by atoms with van der Waals surface area (Å²) in [6, 6.07) is 139. The maximum atomic E-state index is 2.53. The van der Waals surface area contributed by atoms with Gasteiger partial charge in [-0.2, -0.15) is 0 Å². The summed E-state index contributed by atoms with van der Waals surface area (Å²) >= 11 is 3.73. The number of rotatable bonds is 11.